The first-order chi connectivity index (χ1) is 9.88. The van der Waals surface area contributed by atoms with Gasteiger partial charge in [-0.2, -0.15) is 5.10 Å². The maximum Gasteiger partial charge on any atom is 0.272 e. The van der Waals surface area contributed by atoms with Crippen molar-refractivity contribution in [3.05, 3.63) is 51.8 Å². The van der Waals surface area contributed by atoms with Gasteiger partial charge in [-0.15, -0.1) is 0 Å². The summed E-state index contributed by atoms with van der Waals surface area (Å²) in [5.74, 6) is 0. The topological polar surface area (TPSA) is 73.0 Å². The van der Waals surface area contributed by atoms with Crippen molar-refractivity contribution < 1.29 is 4.92 Å². The van der Waals surface area contributed by atoms with Crippen molar-refractivity contribution in [1.29, 1.82) is 0 Å². The highest BCUT2D eigenvalue weighted by Gasteiger charge is 2.15. The van der Waals surface area contributed by atoms with Gasteiger partial charge in [-0.1, -0.05) is 12.1 Å². The van der Waals surface area contributed by atoms with E-state index in [2.05, 4.69) is 24.3 Å². The molecule has 0 aliphatic rings. The predicted molar refractivity (Wildman–Crippen MR) is 82.5 cm³/mol. The fourth-order valence-corrected chi connectivity index (χ4v) is 2.12. The highest BCUT2D eigenvalue weighted by atomic mass is 16.6. The van der Waals surface area contributed by atoms with Crippen LogP contribution in [0.25, 0.3) is 0 Å². The van der Waals surface area contributed by atoms with Gasteiger partial charge < -0.3 is 5.32 Å². The fraction of sp³-hybridized carbons (Fsp3) is 0.400. The van der Waals surface area contributed by atoms with Crippen LogP contribution in [0.5, 0.6) is 0 Å². The Hall–Kier alpha value is -2.37. The molecule has 0 saturated heterocycles. The molecule has 0 amide bonds. The molecule has 2 aromatic rings. The van der Waals surface area contributed by atoms with E-state index < -0.39 is 0 Å². The van der Waals surface area contributed by atoms with Crippen molar-refractivity contribution in [1.82, 2.24) is 9.78 Å². The maximum absolute atomic E-state index is 11.0. The van der Waals surface area contributed by atoms with E-state index >= 15 is 0 Å². The molecule has 0 aliphatic heterocycles. The molecule has 1 N–H and O–H groups in total. The first kappa shape index (κ1) is 15.0. The van der Waals surface area contributed by atoms with Crippen LogP contribution in [0.3, 0.4) is 0 Å². The molecule has 0 spiro atoms. The zero-order valence-electron chi connectivity index (χ0n) is 12.7. The smallest absolute Gasteiger partial charge is 0.272 e. The summed E-state index contributed by atoms with van der Waals surface area (Å²) in [5, 5.41) is 18.6. The van der Waals surface area contributed by atoms with Gasteiger partial charge in [-0.3, -0.25) is 14.8 Å². The summed E-state index contributed by atoms with van der Waals surface area (Å²) in [5.41, 5.74) is 2.60. The highest BCUT2D eigenvalue weighted by Crippen LogP contribution is 2.25. The van der Waals surface area contributed by atoms with Gasteiger partial charge in [0.25, 0.3) is 5.69 Å². The number of hydrogen-bond donors (Lipinski definition) is 1. The second-order valence-corrected chi connectivity index (χ2v) is 5.47. The van der Waals surface area contributed by atoms with E-state index in [0.717, 1.165) is 11.3 Å². The Kier molecular flexibility index (Phi) is 4.26. The van der Waals surface area contributed by atoms with Crippen LogP contribution < -0.4 is 5.32 Å². The zero-order chi connectivity index (χ0) is 15.6. The summed E-state index contributed by atoms with van der Waals surface area (Å²) in [6, 6.07) is 5.58. The highest BCUT2D eigenvalue weighted by molar-refractivity contribution is 5.47. The number of hydrogen-bond acceptors (Lipinski definition) is 4. The Bertz CT molecular complexity index is 649. The number of anilines is 1. The molecular weight excluding hydrogens is 268 g/mol. The van der Waals surface area contributed by atoms with Gasteiger partial charge in [0.05, 0.1) is 16.8 Å². The molecule has 0 radical (unpaired) electrons. The number of nitrogens with zero attached hydrogens (tertiary/aromatic N) is 3. The van der Waals surface area contributed by atoms with Crippen LogP contribution in [0.1, 0.15) is 44.0 Å². The van der Waals surface area contributed by atoms with E-state index in [0.29, 0.717) is 11.6 Å². The van der Waals surface area contributed by atoms with Gasteiger partial charge in [-0.05, 0) is 33.3 Å². The molecule has 6 heteroatoms. The molecule has 0 bridgehead atoms. The molecule has 21 heavy (non-hydrogen) atoms. The van der Waals surface area contributed by atoms with Gasteiger partial charge in [0.1, 0.15) is 0 Å². The fourth-order valence-electron chi connectivity index (χ4n) is 2.12. The Morgan fingerprint density at radius 1 is 1.33 bits per heavy atom. The Morgan fingerprint density at radius 3 is 2.62 bits per heavy atom. The third-order valence-corrected chi connectivity index (χ3v) is 3.44. The largest absolute Gasteiger partial charge is 0.376 e. The molecular formula is C15H20N4O2. The minimum atomic E-state index is -0.345. The van der Waals surface area contributed by atoms with Gasteiger partial charge >= 0.3 is 0 Å². The molecule has 2 rings (SSSR count). The molecule has 0 aliphatic carbocycles. The molecule has 0 saturated carbocycles. The molecule has 1 aromatic carbocycles. The number of benzene rings is 1. The zero-order valence-corrected chi connectivity index (χ0v) is 12.7. The van der Waals surface area contributed by atoms with Crippen LogP contribution in [0.2, 0.25) is 0 Å². The lowest BCUT2D eigenvalue weighted by Crippen LogP contribution is -2.07. The van der Waals surface area contributed by atoms with Gasteiger partial charge in [0.15, 0.2) is 0 Å². The molecule has 112 valence electrons. The molecule has 1 aromatic heterocycles. The normalized spacial score (nSPS) is 12.4. The van der Waals surface area contributed by atoms with Crippen LogP contribution in [0.15, 0.2) is 30.6 Å². The summed E-state index contributed by atoms with van der Waals surface area (Å²) in [6.07, 6.45) is 3.70. The van der Waals surface area contributed by atoms with Gasteiger partial charge in [0, 0.05) is 29.9 Å². The lowest BCUT2D eigenvalue weighted by molar-refractivity contribution is -0.385. The van der Waals surface area contributed by atoms with Crippen LogP contribution in [0.4, 0.5) is 11.4 Å². The minimum Gasteiger partial charge on any atom is -0.376 e. The number of nitro groups is 1. The van der Waals surface area contributed by atoms with E-state index in [-0.39, 0.29) is 16.7 Å². The Morgan fingerprint density at radius 2 is 2.05 bits per heavy atom. The SMILES string of the molecule is Cc1ccc(C(C)Nc2cnn(C(C)C)c2)cc1[N+](=O)[O-]. The lowest BCUT2D eigenvalue weighted by Gasteiger charge is -2.14. The Balaban J connectivity index is 2.17. The minimum absolute atomic E-state index is 0.0332. The molecule has 6 nitrogen and oxygen atoms in total. The van der Waals surface area contributed by atoms with Crippen LogP contribution in [-0.2, 0) is 0 Å². The summed E-state index contributed by atoms with van der Waals surface area (Å²) in [4.78, 5) is 10.7. The van der Waals surface area contributed by atoms with Gasteiger partial charge in [0.2, 0.25) is 0 Å². The predicted octanol–water partition coefficient (Wildman–Crippen LogP) is 3.85. The summed E-state index contributed by atoms with van der Waals surface area (Å²) < 4.78 is 1.87. The first-order valence-corrected chi connectivity index (χ1v) is 6.94. The van der Waals surface area contributed by atoms with Crippen LogP contribution in [-0.4, -0.2) is 14.7 Å². The van der Waals surface area contributed by atoms with Crippen molar-refractivity contribution >= 4 is 11.4 Å². The van der Waals surface area contributed by atoms with Crippen molar-refractivity contribution in [3.8, 4) is 0 Å². The summed E-state index contributed by atoms with van der Waals surface area (Å²) in [6.45, 7) is 7.83. The second-order valence-electron chi connectivity index (χ2n) is 5.47. The van der Waals surface area contributed by atoms with Crippen molar-refractivity contribution in [3.63, 3.8) is 0 Å². The van der Waals surface area contributed by atoms with E-state index in [9.17, 15) is 10.1 Å². The second kappa shape index (κ2) is 5.95. The average molecular weight is 288 g/mol. The molecule has 1 unspecified atom stereocenters. The summed E-state index contributed by atoms with van der Waals surface area (Å²) >= 11 is 0. The first-order valence-electron chi connectivity index (χ1n) is 6.94. The third-order valence-electron chi connectivity index (χ3n) is 3.44. The lowest BCUT2D eigenvalue weighted by atomic mass is 10.0. The van der Waals surface area contributed by atoms with E-state index in [1.165, 1.54) is 0 Å². The van der Waals surface area contributed by atoms with Crippen molar-refractivity contribution in [2.75, 3.05) is 5.32 Å². The van der Waals surface area contributed by atoms with Crippen LogP contribution in [0, 0.1) is 17.0 Å². The number of nitro benzene ring substituents is 1. The number of nitrogens with one attached hydrogen (secondary N) is 1. The van der Waals surface area contributed by atoms with Crippen molar-refractivity contribution in [2.24, 2.45) is 0 Å². The van der Waals surface area contributed by atoms with E-state index in [1.807, 2.05) is 23.9 Å². The van der Waals surface area contributed by atoms with Crippen LogP contribution >= 0.6 is 0 Å². The summed E-state index contributed by atoms with van der Waals surface area (Å²) in [7, 11) is 0. The Labute approximate surface area is 123 Å². The average Bonchev–Trinajstić information content (AvgIpc) is 2.87. The molecule has 1 atom stereocenters. The number of rotatable bonds is 5. The van der Waals surface area contributed by atoms with E-state index in [4.69, 9.17) is 0 Å². The van der Waals surface area contributed by atoms with Crippen molar-refractivity contribution in [2.45, 2.75) is 39.8 Å². The standard InChI is InChI=1S/C15H20N4O2/c1-10(2)18-9-14(8-16-18)17-12(4)13-6-5-11(3)15(7-13)19(20)21/h5-10,12,17H,1-4H3. The number of aryl methyl sites for hydroxylation is 1. The molecule has 0 fully saturated rings. The number of aromatic nitrogens is 2. The van der Waals surface area contributed by atoms with E-state index in [1.54, 1.807) is 25.3 Å². The monoisotopic (exact) mass is 288 g/mol. The van der Waals surface area contributed by atoms with Gasteiger partial charge in [-0.25, -0.2) is 0 Å². The quantitative estimate of drug-likeness (QED) is 0.670. The maximum atomic E-state index is 11.0. The molecule has 1 heterocycles. The third kappa shape index (κ3) is 3.39.